The molecule has 150 valence electrons. The second-order valence-corrected chi connectivity index (χ2v) is 8.69. The smallest absolute Gasteiger partial charge is 0.231 e. The molecule has 29 heavy (non-hydrogen) atoms. The number of carbonyl (C=O) groups excluding carboxylic acids is 1. The van der Waals surface area contributed by atoms with Crippen molar-refractivity contribution in [2.24, 2.45) is 0 Å². The Kier molecular flexibility index (Phi) is 4.75. The number of amides is 1. The van der Waals surface area contributed by atoms with Crippen LogP contribution in [0.4, 0.5) is 5.69 Å². The van der Waals surface area contributed by atoms with E-state index in [-0.39, 0.29) is 11.8 Å². The van der Waals surface area contributed by atoms with Gasteiger partial charge in [0.15, 0.2) is 0 Å². The molecule has 0 bridgehead atoms. The maximum atomic E-state index is 13.4. The van der Waals surface area contributed by atoms with Crippen LogP contribution < -0.4 is 4.90 Å². The molecule has 2 aliphatic rings. The zero-order valence-electron chi connectivity index (χ0n) is 16.7. The lowest BCUT2D eigenvalue weighted by Crippen LogP contribution is -2.50. The maximum Gasteiger partial charge on any atom is 0.231 e. The number of H-pyrrole nitrogens is 1. The molecule has 0 saturated carbocycles. The Morgan fingerprint density at radius 3 is 2.72 bits per heavy atom. The molecule has 0 radical (unpaired) electrons. The van der Waals surface area contributed by atoms with E-state index in [4.69, 9.17) is 11.6 Å². The van der Waals surface area contributed by atoms with Crippen LogP contribution >= 0.6 is 11.6 Å². The van der Waals surface area contributed by atoms with Crippen molar-refractivity contribution in [3.8, 4) is 0 Å². The second-order valence-electron chi connectivity index (χ2n) is 8.25. The number of fused-ring (bicyclic) bond motifs is 3. The van der Waals surface area contributed by atoms with Gasteiger partial charge in [0.1, 0.15) is 0 Å². The SMILES string of the molecule is Cc1ccc(Cl)cc1N1CCN(C(=O)[C@@H]2CCCc3c2[nH]c2ccccc32)CC1. The third kappa shape index (κ3) is 3.29. The van der Waals surface area contributed by atoms with Gasteiger partial charge < -0.3 is 14.8 Å². The van der Waals surface area contributed by atoms with Gasteiger partial charge in [0, 0.05) is 53.5 Å². The van der Waals surface area contributed by atoms with Crippen LogP contribution in [0.1, 0.15) is 35.6 Å². The van der Waals surface area contributed by atoms with Crippen LogP contribution in [-0.4, -0.2) is 42.0 Å². The fourth-order valence-electron chi connectivity index (χ4n) is 4.97. The predicted octanol–water partition coefficient (Wildman–Crippen LogP) is 4.90. The Labute approximate surface area is 176 Å². The molecule has 1 N–H and O–H groups in total. The molecule has 5 heteroatoms. The van der Waals surface area contributed by atoms with Gasteiger partial charge in [0.2, 0.25) is 5.91 Å². The van der Waals surface area contributed by atoms with E-state index in [9.17, 15) is 4.79 Å². The summed E-state index contributed by atoms with van der Waals surface area (Å²) in [7, 11) is 0. The molecule has 5 rings (SSSR count). The largest absolute Gasteiger partial charge is 0.368 e. The van der Waals surface area contributed by atoms with E-state index in [0.717, 1.165) is 61.7 Å². The molecule has 1 atom stereocenters. The van der Waals surface area contributed by atoms with E-state index in [1.54, 1.807) is 0 Å². The van der Waals surface area contributed by atoms with Crippen molar-refractivity contribution in [3.05, 3.63) is 64.3 Å². The average molecular weight is 408 g/mol. The summed E-state index contributed by atoms with van der Waals surface area (Å²) in [5, 5.41) is 2.04. The van der Waals surface area contributed by atoms with Crippen molar-refractivity contribution in [3.63, 3.8) is 0 Å². The number of nitrogens with zero attached hydrogens (tertiary/aromatic N) is 2. The Morgan fingerprint density at radius 1 is 1.10 bits per heavy atom. The van der Waals surface area contributed by atoms with Crippen molar-refractivity contribution < 1.29 is 4.79 Å². The molecular formula is C24H26ClN3O. The molecule has 3 aromatic rings. The van der Waals surface area contributed by atoms with Crippen molar-refractivity contribution in [2.45, 2.75) is 32.1 Å². The Bertz CT molecular complexity index is 1070. The van der Waals surface area contributed by atoms with Crippen molar-refractivity contribution in [1.29, 1.82) is 0 Å². The van der Waals surface area contributed by atoms with Crippen LogP contribution in [0.2, 0.25) is 5.02 Å². The van der Waals surface area contributed by atoms with E-state index in [1.807, 2.05) is 12.1 Å². The highest BCUT2D eigenvalue weighted by molar-refractivity contribution is 6.30. The van der Waals surface area contributed by atoms with E-state index in [1.165, 1.54) is 22.2 Å². The molecule has 1 aliphatic carbocycles. The van der Waals surface area contributed by atoms with Crippen LogP contribution in [0.15, 0.2) is 42.5 Å². The van der Waals surface area contributed by atoms with Crippen LogP contribution in [0.3, 0.4) is 0 Å². The number of benzene rings is 2. The molecule has 0 spiro atoms. The number of halogens is 1. The Morgan fingerprint density at radius 2 is 1.90 bits per heavy atom. The predicted molar refractivity (Wildman–Crippen MR) is 119 cm³/mol. The third-order valence-corrected chi connectivity index (χ3v) is 6.75. The van der Waals surface area contributed by atoms with E-state index < -0.39 is 0 Å². The quantitative estimate of drug-likeness (QED) is 0.656. The minimum Gasteiger partial charge on any atom is -0.368 e. The van der Waals surface area contributed by atoms with Crippen molar-refractivity contribution in [1.82, 2.24) is 9.88 Å². The van der Waals surface area contributed by atoms with Gasteiger partial charge in [-0.25, -0.2) is 0 Å². The first-order chi connectivity index (χ1) is 14.1. The Balaban J connectivity index is 1.34. The number of para-hydroxylation sites is 1. The topological polar surface area (TPSA) is 39.3 Å². The normalized spacial score (nSPS) is 19.4. The molecular weight excluding hydrogens is 382 g/mol. The summed E-state index contributed by atoms with van der Waals surface area (Å²) in [4.78, 5) is 21.4. The minimum absolute atomic E-state index is 0.0365. The monoisotopic (exact) mass is 407 g/mol. The zero-order chi connectivity index (χ0) is 20.0. The van der Waals surface area contributed by atoms with Crippen molar-refractivity contribution in [2.75, 3.05) is 31.1 Å². The fraction of sp³-hybridized carbons (Fsp3) is 0.375. The van der Waals surface area contributed by atoms with Crippen molar-refractivity contribution >= 4 is 34.1 Å². The number of aryl methyl sites for hydroxylation is 2. The lowest BCUT2D eigenvalue weighted by Gasteiger charge is -2.38. The summed E-state index contributed by atoms with van der Waals surface area (Å²) < 4.78 is 0. The van der Waals surface area contributed by atoms with Gasteiger partial charge in [0.05, 0.1) is 5.92 Å². The zero-order valence-corrected chi connectivity index (χ0v) is 17.5. The van der Waals surface area contributed by atoms with Gasteiger partial charge in [-0.3, -0.25) is 4.79 Å². The number of carbonyl (C=O) groups is 1. The third-order valence-electron chi connectivity index (χ3n) is 6.52. The van der Waals surface area contributed by atoms with Crippen LogP contribution in [0.5, 0.6) is 0 Å². The van der Waals surface area contributed by atoms with Gasteiger partial charge in [-0.05, 0) is 55.5 Å². The highest BCUT2D eigenvalue weighted by atomic mass is 35.5. The average Bonchev–Trinajstić information content (AvgIpc) is 3.14. The first kappa shape index (κ1) is 18.6. The fourth-order valence-corrected chi connectivity index (χ4v) is 5.14. The minimum atomic E-state index is -0.0365. The summed E-state index contributed by atoms with van der Waals surface area (Å²) in [6.07, 6.45) is 3.07. The molecule has 1 aromatic heterocycles. The number of hydrogen-bond acceptors (Lipinski definition) is 2. The number of nitrogens with one attached hydrogen (secondary N) is 1. The Hall–Kier alpha value is -2.46. The number of hydrogen-bond donors (Lipinski definition) is 1. The summed E-state index contributed by atoms with van der Waals surface area (Å²) >= 11 is 6.20. The molecule has 0 unspecified atom stereocenters. The van der Waals surface area contributed by atoms with Gasteiger partial charge in [-0.1, -0.05) is 35.9 Å². The first-order valence-corrected chi connectivity index (χ1v) is 10.9. The highest BCUT2D eigenvalue weighted by Crippen LogP contribution is 2.37. The highest BCUT2D eigenvalue weighted by Gasteiger charge is 2.33. The maximum absolute atomic E-state index is 13.4. The summed E-state index contributed by atoms with van der Waals surface area (Å²) in [5.74, 6) is 0.241. The first-order valence-electron chi connectivity index (χ1n) is 10.5. The molecule has 1 aliphatic heterocycles. The standard InChI is InChI=1S/C24H26ClN3O/c1-16-9-10-17(25)15-22(16)27-11-13-28(14-12-27)24(29)20-7-4-6-19-18-5-2-3-8-21(18)26-23(19)20/h2-3,5,8-10,15,20,26H,4,6-7,11-14H2,1H3/t20-/m1/s1. The van der Waals surface area contributed by atoms with Gasteiger partial charge >= 0.3 is 0 Å². The molecule has 1 amide bonds. The van der Waals surface area contributed by atoms with Crippen LogP contribution in [-0.2, 0) is 11.2 Å². The molecule has 2 aromatic carbocycles. The second kappa shape index (κ2) is 7.42. The summed E-state index contributed by atoms with van der Waals surface area (Å²) in [6, 6.07) is 14.4. The van der Waals surface area contributed by atoms with E-state index in [0.29, 0.717) is 0 Å². The summed E-state index contributed by atoms with van der Waals surface area (Å²) in [6.45, 7) is 5.33. The van der Waals surface area contributed by atoms with Gasteiger partial charge in [-0.2, -0.15) is 0 Å². The van der Waals surface area contributed by atoms with Crippen LogP contribution in [0, 0.1) is 6.92 Å². The lowest BCUT2D eigenvalue weighted by molar-refractivity contribution is -0.133. The molecule has 1 saturated heterocycles. The van der Waals surface area contributed by atoms with E-state index in [2.05, 4.69) is 52.0 Å². The molecule has 1 fully saturated rings. The van der Waals surface area contributed by atoms with E-state index >= 15 is 0 Å². The summed E-state index contributed by atoms with van der Waals surface area (Å²) in [5.41, 5.74) is 6.05. The number of aromatic nitrogens is 1. The lowest BCUT2D eigenvalue weighted by atomic mass is 9.85. The molecule has 4 nitrogen and oxygen atoms in total. The molecule has 2 heterocycles. The number of piperazine rings is 1. The van der Waals surface area contributed by atoms with Gasteiger partial charge in [0.25, 0.3) is 0 Å². The number of aromatic amines is 1. The number of rotatable bonds is 2. The number of anilines is 1. The van der Waals surface area contributed by atoms with Gasteiger partial charge in [-0.15, -0.1) is 0 Å². The van der Waals surface area contributed by atoms with Crippen LogP contribution in [0.25, 0.3) is 10.9 Å².